The summed E-state index contributed by atoms with van der Waals surface area (Å²) in [5.41, 5.74) is 5.29. The second-order valence-corrected chi connectivity index (χ2v) is 15.1. The Hall–Kier alpha value is -1.39. The van der Waals surface area contributed by atoms with Crippen molar-refractivity contribution in [3.05, 3.63) is 74.2 Å². The molecule has 0 atom stereocenters. The molecule has 1 N–H and O–H groups in total. The van der Waals surface area contributed by atoms with E-state index in [1.165, 1.54) is 23.5 Å². The van der Waals surface area contributed by atoms with Crippen LogP contribution < -0.4 is 8.64 Å². The standard InChI is InChI=1S/C20H16NOS.In/c22-20(12-16-6-2-1-3-7-16)11-10-17-8-4-5-9-18(17)13-19-14-23-15-21-19;/h1-7,9-10,21H,12,14-15H2;. The summed E-state index contributed by atoms with van der Waals surface area (Å²) in [5, 5.41) is 3.57. The van der Waals surface area contributed by atoms with Crippen LogP contribution in [0.25, 0.3) is 9.41 Å². The SMILES string of the molecule is O=C(Cc1ccccc1)[C]1=Cc2c3ccc[c]2[In]1/[C]3=C1\CSCN1. The molecule has 4 heteroatoms. The Bertz CT molecular complexity index is 908. The summed E-state index contributed by atoms with van der Waals surface area (Å²) in [7, 11) is 0. The van der Waals surface area contributed by atoms with E-state index in [0.29, 0.717) is 12.2 Å². The maximum absolute atomic E-state index is 13.0. The zero-order valence-corrected chi connectivity index (χ0v) is 17.3. The molecule has 2 aromatic carbocycles. The minimum absolute atomic E-state index is 0.340. The van der Waals surface area contributed by atoms with Crippen molar-refractivity contribution in [3.8, 4) is 0 Å². The van der Waals surface area contributed by atoms with Crippen molar-refractivity contribution in [1.29, 1.82) is 0 Å². The molecule has 0 spiro atoms. The van der Waals surface area contributed by atoms with Crippen molar-refractivity contribution in [2.45, 2.75) is 6.42 Å². The second kappa shape index (κ2) is 5.85. The van der Waals surface area contributed by atoms with E-state index in [1.54, 1.807) is 3.33 Å². The first-order valence-corrected chi connectivity index (χ1v) is 14.4. The number of ketones is 1. The van der Waals surface area contributed by atoms with E-state index in [1.807, 2.05) is 30.0 Å². The van der Waals surface area contributed by atoms with E-state index in [0.717, 1.165) is 17.2 Å². The van der Waals surface area contributed by atoms with Crippen LogP contribution in [0.2, 0.25) is 0 Å². The molecule has 1 fully saturated rings. The Kier molecular flexibility index (Phi) is 3.64. The van der Waals surface area contributed by atoms with Crippen LogP contribution in [-0.2, 0) is 11.2 Å². The van der Waals surface area contributed by atoms with Crippen LogP contribution in [0.1, 0.15) is 16.7 Å². The van der Waals surface area contributed by atoms with Crippen molar-refractivity contribution in [1.82, 2.24) is 5.32 Å². The van der Waals surface area contributed by atoms with Crippen LogP contribution in [-0.4, -0.2) is 38.9 Å². The molecule has 0 aliphatic carbocycles. The molecule has 0 saturated carbocycles. The maximum atomic E-state index is 13.0. The topological polar surface area (TPSA) is 29.1 Å². The fraction of sp³-hybridized carbons (Fsp3) is 0.150. The van der Waals surface area contributed by atoms with Crippen molar-refractivity contribution >= 4 is 51.7 Å². The number of rotatable bonds is 3. The monoisotopic (exact) mass is 433 g/mol. The Labute approximate surface area is 153 Å². The number of benzene rings is 2. The van der Waals surface area contributed by atoms with Crippen molar-refractivity contribution < 1.29 is 4.79 Å². The van der Waals surface area contributed by atoms with Crippen LogP contribution in [0.4, 0.5) is 0 Å². The summed E-state index contributed by atoms with van der Waals surface area (Å²) < 4.78 is 4.25. The molecule has 24 heavy (non-hydrogen) atoms. The molecule has 0 unspecified atom stereocenters. The van der Waals surface area contributed by atoms with Crippen molar-refractivity contribution in [2.24, 2.45) is 0 Å². The third-order valence-electron chi connectivity index (χ3n) is 5.13. The van der Waals surface area contributed by atoms with Gasteiger partial charge in [-0.1, -0.05) is 0 Å². The normalized spacial score (nSPS) is 20.3. The third-order valence-corrected chi connectivity index (χ3v) is 15.9. The number of hydrogen-bond acceptors (Lipinski definition) is 3. The van der Waals surface area contributed by atoms with Gasteiger partial charge in [-0.05, 0) is 0 Å². The molecule has 5 rings (SSSR count). The van der Waals surface area contributed by atoms with Gasteiger partial charge < -0.3 is 0 Å². The number of Topliss-reactive ketones (excluding diaryl/α,β-unsaturated/α-hetero) is 1. The van der Waals surface area contributed by atoms with Crippen LogP contribution >= 0.6 is 11.8 Å². The molecule has 4 bridgehead atoms. The molecule has 2 nitrogen and oxygen atoms in total. The summed E-state index contributed by atoms with van der Waals surface area (Å²) in [6.45, 7) is 0. The van der Waals surface area contributed by atoms with Crippen LogP contribution in [0.5, 0.6) is 0 Å². The van der Waals surface area contributed by atoms with Gasteiger partial charge in [-0.3, -0.25) is 0 Å². The molecule has 0 amide bonds. The molecule has 116 valence electrons. The first kappa shape index (κ1) is 14.9. The number of nitrogens with one attached hydrogen (secondary N) is 1. The Morgan fingerprint density at radius 2 is 2.00 bits per heavy atom. The molecule has 2 aromatic rings. The molecule has 3 heterocycles. The number of hydrogen-bond donors (Lipinski definition) is 1. The molecular weight excluding hydrogens is 417 g/mol. The molecule has 0 aromatic heterocycles. The molecule has 3 aliphatic heterocycles. The van der Waals surface area contributed by atoms with Gasteiger partial charge in [0.25, 0.3) is 0 Å². The molecular formula is C20H16InNOS. The first-order valence-electron chi connectivity index (χ1n) is 8.29. The molecule has 1 saturated heterocycles. The average Bonchev–Trinajstić information content (AvgIpc) is 3.30. The van der Waals surface area contributed by atoms with Crippen LogP contribution in [0, 0.1) is 0 Å². The summed E-state index contributed by atoms with van der Waals surface area (Å²) >= 11 is -0.462. The van der Waals surface area contributed by atoms with E-state index in [9.17, 15) is 4.79 Å². The third kappa shape index (κ3) is 2.23. The minimum atomic E-state index is -2.40. The predicted octanol–water partition coefficient (Wildman–Crippen LogP) is 2.69. The Balaban J connectivity index is 1.54. The van der Waals surface area contributed by atoms with E-state index in [-0.39, 0.29) is 0 Å². The quantitative estimate of drug-likeness (QED) is 0.808. The van der Waals surface area contributed by atoms with Crippen molar-refractivity contribution in [2.75, 3.05) is 11.6 Å². The zero-order valence-electron chi connectivity index (χ0n) is 13.2. The van der Waals surface area contributed by atoms with Gasteiger partial charge in [0, 0.05) is 0 Å². The fourth-order valence-corrected chi connectivity index (χ4v) is 15.9. The second-order valence-electron chi connectivity index (χ2n) is 6.49. The fourth-order valence-electron chi connectivity index (χ4n) is 4.08. The van der Waals surface area contributed by atoms with Gasteiger partial charge in [-0.2, -0.15) is 0 Å². The van der Waals surface area contributed by atoms with Gasteiger partial charge in [-0.15, -0.1) is 0 Å². The van der Waals surface area contributed by atoms with E-state index in [2.05, 4.69) is 41.7 Å². The van der Waals surface area contributed by atoms with Gasteiger partial charge in [0.1, 0.15) is 0 Å². The average molecular weight is 433 g/mol. The molecule has 0 radical (unpaired) electrons. The summed E-state index contributed by atoms with van der Waals surface area (Å²) in [6, 6.07) is 16.8. The van der Waals surface area contributed by atoms with E-state index >= 15 is 0 Å². The number of allylic oxidation sites excluding steroid dienone is 1. The zero-order chi connectivity index (χ0) is 16.1. The number of carbonyl (C=O) groups is 1. The van der Waals surface area contributed by atoms with E-state index in [4.69, 9.17) is 0 Å². The van der Waals surface area contributed by atoms with Crippen LogP contribution in [0.15, 0.2) is 57.6 Å². The van der Waals surface area contributed by atoms with Gasteiger partial charge in [0.05, 0.1) is 0 Å². The van der Waals surface area contributed by atoms with Gasteiger partial charge in [0.15, 0.2) is 0 Å². The van der Waals surface area contributed by atoms with E-state index < -0.39 is 21.4 Å². The predicted molar refractivity (Wildman–Crippen MR) is 102 cm³/mol. The Morgan fingerprint density at radius 3 is 2.75 bits per heavy atom. The Morgan fingerprint density at radius 1 is 1.12 bits per heavy atom. The summed E-state index contributed by atoms with van der Waals surface area (Å²) in [6.07, 6.45) is 2.76. The first-order chi connectivity index (χ1) is 11.8. The van der Waals surface area contributed by atoms with Crippen LogP contribution in [0.3, 0.4) is 0 Å². The summed E-state index contributed by atoms with van der Waals surface area (Å²) in [4.78, 5) is 13.0. The van der Waals surface area contributed by atoms with Gasteiger partial charge >= 0.3 is 154 Å². The number of thioether (sulfide) groups is 1. The molecule has 3 aliphatic rings. The van der Waals surface area contributed by atoms with Gasteiger partial charge in [0.2, 0.25) is 0 Å². The van der Waals surface area contributed by atoms with Crippen molar-refractivity contribution in [3.63, 3.8) is 0 Å². The summed E-state index contributed by atoms with van der Waals surface area (Å²) in [5.74, 6) is 2.41. The number of carbonyl (C=O) groups excluding carboxylic acids is 1. The van der Waals surface area contributed by atoms with Gasteiger partial charge in [-0.25, -0.2) is 0 Å².